The van der Waals surface area contributed by atoms with Gasteiger partial charge in [-0.25, -0.2) is 0 Å². The minimum Gasteiger partial charge on any atom is -0.542 e. The van der Waals surface area contributed by atoms with Crippen LogP contribution in [0.25, 0.3) is 44.5 Å². The maximum atomic E-state index is 12.1. The highest BCUT2D eigenvalue weighted by Crippen LogP contribution is 2.61. The van der Waals surface area contributed by atoms with E-state index < -0.39 is 42.5 Å². The second-order valence-corrected chi connectivity index (χ2v) is 65.2. The molecule has 4 aliphatic carbocycles. The summed E-state index contributed by atoms with van der Waals surface area (Å²) in [7, 11) is -8.09. The first-order chi connectivity index (χ1) is 65.0. The Balaban J connectivity index is 0.000000237. The zero-order chi connectivity index (χ0) is 108. The molecule has 1 aromatic heterocycles. The largest absolute Gasteiger partial charge is 0.678 e. The van der Waals surface area contributed by atoms with Crippen LogP contribution in [0.15, 0.2) is 87.8 Å². The van der Waals surface area contributed by atoms with Gasteiger partial charge in [0.25, 0.3) is 8.32 Å². The van der Waals surface area contributed by atoms with Crippen LogP contribution in [0.1, 0.15) is 449 Å². The van der Waals surface area contributed by atoms with E-state index in [1.165, 1.54) is 197 Å². The average Bonchev–Trinajstić information content (AvgIpc) is 0.829. The van der Waals surface area contributed by atoms with Gasteiger partial charge in [-0.05, 0) is 498 Å². The summed E-state index contributed by atoms with van der Waals surface area (Å²) in [5, 5.41) is 44.3. The van der Waals surface area contributed by atoms with E-state index in [9.17, 15) is 30.0 Å². The van der Waals surface area contributed by atoms with Gasteiger partial charge in [0.2, 0.25) is 8.32 Å². The molecule has 8 aromatic carbocycles. The highest BCUT2D eigenvalue weighted by molar-refractivity contribution is 9.11. The highest BCUT2D eigenvalue weighted by Gasteiger charge is 2.60. The van der Waals surface area contributed by atoms with Gasteiger partial charge in [0.05, 0.1) is 25.7 Å². The Morgan fingerprint density at radius 1 is 0.310 bits per heavy atom. The second-order valence-electron chi connectivity index (χ2n) is 51.2. The Hall–Kier alpha value is -6.55. The van der Waals surface area contributed by atoms with Crippen LogP contribution in [-0.2, 0) is 64.6 Å². The van der Waals surface area contributed by atoms with Gasteiger partial charge in [-0.15, -0.1) is 0 Å². The van der Waals surface area contributed by atoms with Crippen molar-refractivity contribution in [2.45, 2.75) is 486 Å². The van der Waals surface area contributed by atoms with Crippen molar-refractivity contribution in [2.75, 3.05) is 0 Å². The van der Waals surface area contributed by atoms with Crippen molar-refractivity contribution in [1.82, 2.24) is 4.98 Å². The Bertz CT molecular complexity index is 5410. The van der Waals surface area contributed by atoms with Crippen LogP contribution in [0.4, 0.5) is 0 Å². The molecule has 0 amide bonds. The molecule has 16 heteroatoms. The SMILES string of the molecule is CC(C)(C)O[Si](O)(OC(C)(C)C)OC(C)(C)C.CC(C)(C)[Si](C)(C)Oc1c(Br)cc2c(c1-c1c(O)c(Br)cc3c1CCCC3)CCCC2.CC(C)(C)[Si](O)(C(C)(C)C)C(C)(C)C.CC(C)c1cc(C(C)C)c(-c2cccc(-c3c(C(C)C)cc(C(C)C)cc3C(C)C)c2O)c(C(C)C)c1.Cc1c(C)c(C)c(O)c(C)c1C.Cc1cc2c(c(-c3c(O)c(C)cc4c3CCCC4)c1C)CCCC2.Cc1ccc(C)[nH]1. The van der Waals surface area contributed by atoms with Crippen LogP contribution in [0.2, 0.25) is 33.2 Å². The number of benzene rings is 8. The van der Waals surface area contributed by atoms with Crippen LogP contribution in [-0.4, -0.2) is 77.5 Å². The molecule has 788 valence electrons. The number of H-pyrrole nitrogens is 1. The molecule has 9 aromatic rings. The number of aryl methyl sites for hydroxylation is 8. The highest BCUT2D eigenvalue weighted by atomic mass is 79.9. The normalized spacial score (nSPS) is 14.4. The number of halogens is 2. The summed E-state index contributed by atoms with van der Waals surface area (Å²) >= 11 is 7.55. The molecule has 142 heavy (non-hydrogen) atoms. The predicted octanol–water partition coefficient (Wildman–Crippen LogP) is 37.7. The van der Waals surface area contributed by atoms with E-state index in [1.54, 1.807) is 0 Å². The monoisotopic (exact) mass is 2120 g/mol. The molecule has 0 saturated carbocycles. The van der Waals surface area contributed by atoms with Crippen LogP contribution in [0.5, 0.6) is 28.7 Å². The topological polar surface area (TPSA) is 174 Å². The molecule has 0 saturated heterocycles. The summed E-state index contributed by atoms with van der Waals surface area (Å²) in [5.74, 6) is 5.05. The van der Waals surface area contributed by atoms with Crippen molar-refractivity contribution >= 4 is 57.5 Å². The second kappa shape index (κ2) is 48.4. The maximum Gasteiger partial charge on any atom is 0.678 e. The predicted molar refractivity (Wildman–Crippen MR) is 624 cm³/mol. The van der Waals surface area contributed by atoms with E-state index in [-0.39, 0.29) is 20.2 Å². The van der Waals surface area contributed by atoms with Gasteiger partial charge in [-0.1, -0.05) is 221 Å². The first-order valence-electron chi connectivity index (χ1n) is 53.6. The van der Waals surface area contributed by atoms with E-state index in [0.29, 0.717) is 58.5 Å². The number of aromatic nitrogens is 1. The van der Waals surface area contributed by atoms with E-state index in [0.717, 1.165) is 98.6 Å². The first-order valence-corrected chi connectivity index (χ1v) is 61.7. The fraction of sp³-hybridized carbons (Fsp3) is 0.587. The fourth-order valence-corrected chi connectivity index (χ4v) is 33.2. The summed E-state index contributed by atoms with van der Waals surface area (Å²) in [6.45, 7) is 95.8. The molecule has 0 bridgehead atoms. The van der Waals surface area contributed by atoms with Crippen LogP contribution in [0.3, 0.4) is 0 Å². The minimum atomic E-state index is -3.66. The van der Waals surface area contributed by atoms with Gasteiger partial charge < -0.3 is 52.7 Å². The Morgan fingerprint density at radius 2 is 0.606 bits per heavy atom. The first kappa shape index (κ1) is 122. The van der Waals surface area contributed by atoms with Gasteiger partial charge >= 0.3 is 9.05 Å². The van der Waals surface area contributed by atoms with E-state index in [4.69, 9.17) is 17.7 Å². The smallest absolute Gasteiger partial charge is 0.542 e. The van der Waals surface area contributed by atoms with E-state index in [1.807, 2.05) is 90.0 Å². The molecule has 7 N–H and O–H groups in total. The third kappa shape index (κ3) is 30.0. The lowest BCUT2D eigenvalue weighted by molar-refractivity contribution is -0.119. The number of phenols is 4. The van der Waals surface area contributed by atoms with Crippen LogP contribution >= 0.6 is 31.9 Å². The van der Waals surface area contributed by atoms with E-state index >= 15 is 0 Å². The number of nitrogens with one attached hydrogen (secondary N) is 1. The number of hydrogen-bond acceptors (Lipinski definition) is 10. The number of hydrogen-bond donors (Lipinski definition) is 7. The third-order valence-corrected chi connectivity index (χ3v) is 44.8. The Labute approximate surface area is 884 Å². The minimum absolute atomic E-state index is 0.0174. The molecule has 11 nitrogen and oxygen atoms in total. The molecule has 0 atom stereocenters. The Morgan fingerprint density at radius 3 is 0.901 bits per heavy atom. The molecule has 1 heterocycles. The summed E-state index contributed by atoms with van der Waals surface area (Å²) in [4.78, 5) is 24.8. The van der Waals surface area contributed by atoms with E-state index in [2.05, 4.69) is 337 Å². The number of aromatic hydroxyl groups is 4. The van der Waals surface area contributed by atoms with Crippen molar-refractivity contribution < 1.29 is 47.7 Å². The summed E-state index contributed by atoms with van der Waals surface area (Å²) in [6.07, 6.45) is 18.8. The molecule has 0 unspecified atom stereocenters. The average molecular weight is 2130 g/mol. The molecule has 0 spiro atoms. The zero-order valence-electron chi connectivity index (χ0n) is 97.4. The summed E-state index contributed by atoms with van der Waals surface area (Å²) in [6, 6.07) is 29.0. The molecule has 0 fully saturated rings. The van der Waals surface area contributed by atoms with Crippen molar-refractivity contribution in [3.63, 3.8) is 0 Å². The molecule has 0 aliphatic heterocycles. The molecular formula is C126H193Br2NO10Si3. The third-order valence-electron chi connectivity index (χ3n) is 30.1. The number of fused-ring (bicyclic) bond motifs is 4. The lowest BCUT2D eigenvalue weighted by atomic mass is 9.77. The lowest BCUT2D eigenvalue weighted by Gasteiger charge is -2.54. The molecule has 13 rings (SSSR count). The summed E-state index contributed by atoms with van der Waals surface area (Å²) in [5.41, 5.74) is 38.9. The van der Waals surface area contributed by atoms with Gasteiger partial charge in [0.15, 0.2) is 0 Å². The standard InChI is InChI=1S/C36H50O.C26H34Br2O2Si.C23H28O.C12H28O4Si.C12H28OSi.C11H16O.C6H9N/c1-20(2)26-16-30(22(5)6)34(31(17-26)23(7)8)28-14-13-15-29(36(28)37)35-32(24(9)10)18-27(21(3)4)19-33(35)25(11)12;1-26(2,3)31(4,5)30-25-21(28)15-17-11-7-9-13-19(17)23(25)22-18-12-8-6-10-16(18)14-20(27)24(22)29;1-14-12-17-8-4-6-10-19(17)21(16(14)3)22-20-11-7-5-9-18(20)13-15(2)23(22)24;1-10(2,3)14-17(13,15-11(4,5)6)16-12(7,8)9;1-10(2,3)14(13,11(4,5)6)12(7,8)9;1-6-7(2)9(4)11(12)10(5)8(6)3;1-5-3-4-6(2)7-5/h13-25,37H,1-12H3;14-15,29H,6-13H2,1-5H3;12-13,24H,4-11H2,1-3H3;13H,1-9H3;13H,1-9H3;12H,1-5H3;3-4,7H,1-2H3. The molecule has 0 radical (unpaired) electrons. The fourth-order valence-electron chi connectivity index (χ4n) is 21.8. The maximum absolute atomic E-state index is 12.1. The van der Waals surface area contributed by atoms with Crippen LogP contribution < -0.4 is 4.43 Å². The van der Waals surface area contributed by atoms with Crippen LogP contribution in [0, 0.1) is 69.2 Å². The van der Waals surface area contributed by atoms with Gasteiger partial charge in [-0.2, -0.15) is 0 Å². The lowest BCUT2D eigenvalue weighted by Crippen LogP contribution is -2.58. The molecular weight excluding hydrogens is 1930 g/mol. The van der Waals surface area contributed by atoms with Gasteiger partial charge in [0, 0.05) is 39.2 Å². The summed E-state index contributed by atoms with van der Waals surface area (Å²) < 4.78 is 25.7. The van der Waals surface area contributed by atoms with Gasteiger partial charge in [-0.3, -0.25) is 0 Å². The van der Waals surface area contributed by atoms with Crippen molar-refractivity contribution in [2.24, 2.45) is 0 Å². The zero-order valence-corrected chi connectivity index (χ0v) is 104. The number of rotatable bonds is 15. The van der Waals surface area contributed by atoms with Crippen molar-refractivity contribution in [1.29, 1.82) is 0 Å². The Kier molecular flexibility index (Phi) is 41.7. The van der Waals surface area contributed by atoms with Crippen molar-refractivity contribution in [3.05, 3.63) is 222 Å². The number of aromatic amines is 1. The van der Waals surface area contributed by atoms with Gasteiger partial charge in [0.1, 0.15) is 28.7 Å². The molecule has 4 aliphatic rings. The number of para-hydroxylation sites is 1. The quantitative estimate of drug-likeness (QED) is 0.0490. The number of phenolic OH excluding ortho intramolecular Hbond substituents is 4. The van der Waals surface area contributed by atoms with Crippen molar-refractivity contribution in [3.8, 4) is 73.3 Å².